The molecule has 0 saturated heterocycles. The highest BCUT2D eigenvalue weighted by molar-refractivity contribution is 6.03. The summed E-state index contributed by atoms with van der Waals surface area (Å²) in [4.78, 5) is 28.1. The Morgan fingerprint density at radius 2 is 1.48 bits per heavy atom. The Balaban J connectivity index is 1.83. The average Bonchev–Trinajstić information content (AvgIpc) is 2.62. The van der Waals surface area contributed by atoms with Crippen LogP contribution in [0.25, 0.3) is 11.1 Å². The Labute approximate surface area is 144 Å². The van der Waals surface area contributed by atoms with Crippen molar-refractivity contribution in [1.29, 1.82) is 0 Å². The summed E-state index contributed by atoms with van der Waals surface area (Å²) in [5.74, 6) is -0.332. The van der Waals surface area contributed by atoms with E-state index in [2.05, 4.69) is 4.98 Å². The molecule has 0 saturated carbocycles. The van der Waals surface area contributed by atoms with Gasteiger partial charge < -0.3 is 10.1 Å². The van der Waals surface area contributed by atoms with Gasteiger partial charge in [-0.05, 0) is 23.5 Å². The van der Waals surface area contributed by atoms with E-state index >= 15 is 0 Å². The Hall–Kier alpha value is -3.14. The van der Waals surface area contributed by atoms with Gasteiger partial charge in [0.25, 0.3) is 5.56 Å². The zero-order valence-electron chi connectivity index (χ0n) is 13.5. The number of carbonyl (C=O) groups excluding carboxylic acids is 1. The number of hydrogen-bond acceptors (Lipinski definition) is 3. The van der Waals surface area contributed by atoms with Crippen LogP contribution in [0.1, 0.15) is 34.0 Å². The molecule has 2 aromatic carbocycles. The minimum Gasteiger partial charge on any atom is -0.506 e. The highest BCUT2D eigenvalue weighted by Gasteiger charge is 2.31. The van der Waals surface area contributed by atoms with Crippen LogP contribution in [-0.2, 0) is 6.42 Å². The number of benzene rings is 2. The third kappa shape index (κ3) is 2.66. The van der Waals surface area contributed by atoms with Crippen LogP contribution >= 0.6 is 0 Å². The van der Waals surface area contributed by atoms with Crippen LogP contribution in [0.3, 0.4) is 0 Å². The molecule has 1 aliphatic carbocycles. The molecule has 1 aliphatic rings. The summed E-state index contributed by atoms with van der Waals surface area (Å²) in [6.45, 7) is 0. The van der Waals surface area contributed by atoms with Crippen LogP contribution in [0.2, 0.25) is 0 Å². The predicted molar refractivity (Wildman–Crippen MR) is 96.0 cm³/mol. The average molecular weight is 331 g/mol. The van der Waals surface area contributed by atoms with E-state index in [9.17, 15) is 14.7 Å². The van der Waals surface area contributed by atoms with Gasteiger partial charge in [0.2, 0.25) is 0 Å². The molecule has 124 valence electrons. The van der Waals surface area contributed by atoms with Crippen molar-refractivity contribution in [3.63, 3.8) is 0 Å². The van der Waals surface area contributed by atoms with E-state index in [-0.39, 0.29) is 34.1 Å². The number of H-pyrrole nitrogens is 1. The molecular weight excluding hydrogens is 314 g/mol. The molecular formula is C21H17NO3. The van der Waals surface area contributed by atoms with Gasteiger partial charge in [-0.1, -0.05) is 60.7 Å². The fourth-order valence-corrected chi connectivity index (χ4v) is 3.57. The van der Waals surface area contributed by atoms with E-state index < -0.39 is 0 Å². The first-order valence-electron chi connectivity index (χ1n) is 8.27. The maximum atomic E-state index is 12.7. The maximum Gasteiger partial charge on any atom is 0.259 e. The smallest absolute Gasteiger partial charge is 0.259 e. The number of rotatable bonds is 2. The van der Waals surface area contributed by atoms with Gasteiger partial charge in [0, 0.05) is 12.1 Å². The topological polar surface area (TPSA) is 70.2 Å². The number of pyridine rings is 1. The van der Waals surface area contributed by atoms with Crippen molar-refractivity contribution in [2.24, 2.45) is 0 Å². The highest BCUT2D eigenvalue weighted by Crippen LogP contribution is 2.38. The third-order valence-corrected chi connectivity index (χ3v) is 4.76. The standard InChI is InChI=1S/C21H17NO3/c23-17-12-15(13-7-3-1-4-8-13)11-16-19(17)20(24)18(21(25)22-16)14-9-5-2-6-10-14/h1-10,15H,11-12H2,(H2,22,24,25). The molecule has 1 atom stereocenters. The van der Waals surface area contributed by atoms with Crippen molar-refractivity contribution in [2.45, 2.75) is 18.8 Å². The SMILES string of the molecule is O=C1CC(c2ccccc2)Cc2[nH]c(=O)c(-c3ccccc3)c(O)c21. The molecule has 0 radical (unpaired) electrons. The van der Waals surface area contributed by atoms with Gasteiger partial charge in [0.05, 0.1) is 11.1 Å². The summed E-state index contributed by atoms with van der Waals surface area (Å²) in [5, 5.41) is 10.7. The van der Waals surface area contributed by atoms with E-state index in [0.29, 0.717) is 24.1 Å². The lowest BCUT2D eigenvalue weighted by Gasteiger charge is -2.25. The first-order valence-corrected chi connectivity index (χ1v) is 8.27. The molecule has 0 spiro atoms. The Morgan fingerprint density at radius 3 is 2.16 bits per heavy atom. The van der Waals surface area contributed by atoms with E-state index in [0.717, 1.165) is 5.56 Å². The lowest BCUT2D eigenvalue weighted by Crippen LogP contribution is -2.25. The molecule has 3 aromatic rings. The molecule has 1 unspecified atom stereocenters. The van der Waals surface area contributed by atoms with E-state index in [1.165, 1.54) is 0 Å². The normalized spacial score (nSPS) is 16.5. The summed E-state index contributed by atoms with van der Waals surface area (Å²) in [7, 11) is 0. The van der Waals surface area contributed by atoms with Crippen molar-refractivity contribution in [1.82, 2.24) is 4.98 Å². The van der Waals surface area contributed by atoms with Crippen molar-refractivity contribution in [2.75, 3.05) is 0 Å². The van der Waals surface area contributed by atoms with Crippen molar-refractivity contribution >= 4 is 5.78 Å². The summed E-state index contributed by atoms with van der Waals surface area (Å²) in [6, 6.07) is 18.7. The van der Waals surface area contributed by atoms with E-state index in [1.807, 2.05) is 36.4 Å². The number of carbonyl (C=O) groups is 1. The van der Waals surface area contributed by atoms with Crippen molar-refractivity contribution in [3.05, 3.63) is 87.8 Å². The third-order valence-electron chi connectivity index (χ3n) is 4.76. The van der Waals surface area contributed by atoms with Crippen LogP contribution in [0.5, 0.6) is 5.75 Å². The molecule has 0 bridgehead atoms. The number of Topliss-reactive ketones (excluding diaryl/α,β-unsaturated/α-hetero) is 1. The number of fused-ring (bicyclic) bond motifs is 1. The summed E-state index contributed by atoms with van der Waals surface area (Å²) < 4.78 is 0. The van der Waals surface area contributed by atoms with Crippen LogP contribution in [0, 0.1) is 0 Å². The zero-order chi connectivity index (χ0) is 17.4. The molecule has 1 heterocycles. The highest BCUT2D eigenvalue weighted by atomic mass is 16.3. The van der Waals surface area contributed by atoms with Crippen molar-refractivity contribution < 1.29 is 9.90 Å². The number of hydrogen-bond donors (Lipinski definition) is 2. The van der Waals surface area contributed by atoms with Crippen LogP contribution in [0.15, 0.2) is 65.5 Å². The minimum absolute atomic E-state index is 0.0128. The van der Waals surface area contributed by atoms with Crippen LogP contribution in [0.4, 0.5) is 0 Å². The van der Waals surface area contributed by atoms with Gasteiger partial charge >= 0.3 is 0 Å². The molecule has 4 heteroatoms. The van der Waals surface area contributed by atoms with Gasteiger partial charge in [0.15, 0.2) is 5.78 Å². The zero-order valence-corrected chi connectivity index (χ0v) is 13.5. The molecule has 4 rings (SSSR count). The van der Waals surface area contributed by atoms with Crippen molar-refractivity contribution in [3.8, 4) is 16.9 Å². The Morgan fingerprint density at radius 1 is 0.840 bits per heavy atom. The maximum absolute atomic E-state index is 12.7. The molecule has 2 N–H and O–H groups in total. The minimum atomic E-state index is -0.371. The summed E-state index contributed by atoms with van der Waals surface area (Å²) in [6.07, 6.45) is 0.855. The molecule has 0 amide bonds. The van der Waals surface area contributed by atoms with Gasteiger partial charge in [-0.25, -0.2) is 0 Å². The summed E-state index contributed by atoms with van der Waals surface area (Å²) in [5.41, 5.74) is 2.23. The van der Waals surface area contributed by atoms with Gasteiger partial charge in [-0.2, -0.15) is 0 Å². The summed E-state index contributed by atoms with van der Waals surface area (Å²) >= 11 is 0. The second-order valence-corrected chi connectivity index (χ2v) is 6.34. The first kappa shape index (κ1) is 15.4. The number of aromatic amines is 1. The molecule has 1 aromatic heterocycles. The van der Waals surface area contributed by atoms with E-state index in [4.69, 9.17) is 0 Å². The number of nitrogens with one attached hydrogen (secondary N) is 1. The fraction of sp³-hybridized carbons (Fsp3) is 0.143. The number of ketones is 1. The van der Waals surface area contributed by atoms with E-state index in [1.54, 1.807) is 24.3 Å². The quantitative estimate of drug-likeness (QED) is 0.753. The second-order valence-electron chi connectivity index (χ2n) is 6.34. The lowest BCUT2D eigenvalue weighted by molar-refractivity contribution is 0.0960. The molecule has 0 fully saturated rings. The van der Waals surface area contributed by atoms with Gasteiger partial charge in [-0.3, -0.25) is 9.59 Å². The lowest BCUT2D eigenvalue weighted by atomic mass is 9.80. The largest absolute Gasteiger partial charge is 0.506 e. The Kier molecular flexibility index (Phi) is 3.73. The monoisotopic (exact) mass is 331 g/mol. The van der Waals surface area contributed by atoms with Crippen LogP contribution < -0.4 is 5.56 Å². The molecule has 4 nitrogen and oxygen atoms in total. The second kappa shape index (κ2) is 6.06. The number of aromatic nitrogens is 1. The van der Waals surface area contributed by atoms with Gasteiger partial charge in [-0.15, -0.1) is 0 Å². The molecule has 0 aliphatic heterocycles. The van der Waals surface area contributed by atoms with Gasteiger partial charge in [0.1, 0.15) is 5.75 Å². The first-order chi connectivity index (χ1) is 12.1. The molecule has 25 heavy (non-hydrogen) atoms. The fourth-order valence-electron chi connectivity index (χ4n) is 3.57. The van der Waals surface area contributed by atoms with Crippen LogP contribution in [-0.4, -0.2) is 15.9 Å². The number of aromatic hydroxyl groups is 1. The Bertz CT molecular complexity index is 991. The predicted octanol–water partition coefficient (Wildman–Crippen LogP) is 3.66.